The highest BCUT2D eigenvalue weighted by molar-refractivity contribution is 5.81. The molecule has 2 aromatic rings. The molecule has 0 aliphatic heterocycles. The van der Waals surface area contributed by atoms with Gasteiger partial charge in [-0.3, -0.25) is 9.69 Å². The van der Waals surface area contributed by atoms with Crippen LogP contribution in [0.15, 0.2) is 34.7 Å². The molecule has 1 amide bonds. The van der Waals surface area contributed by atoms with E-state index in [1.165, 1.54) is 0 Å². The molecule has 1 aromatic carbocycles. The maximum absolute atomic E-state index is 12.7. The Morgan fingerprint density at radius 2 is 1.86 bits per heavy atom. The van der Waals surface area contributed by atoms with Crippen molar-refractivity contribution in [2.45, 2.75) is 25.9 Å². The van der Waals surface area contributed by atoms with E-state index in [1.807, 2.05) is 49.3 Å². The molecule has 2 rings (SSSR count). The van der Waals surface area contributed by atoms with Crippen LogP contribution in [0.1, 0.15) is 17.3 Å². The molecule has 0 fully saturated rings. The van der Waals surface area contributed by atoms with Crippen LogP contribution < -0.4 is 0 Å². The molecule has 118 valence electrons. The maximum Gasteiger partial charge on any atom is 0.240 e. The Morgan fingerprint density at radius 3 is 2.41 bits per heavy atom. The van der Waals surface area contributed by atoms with Crippen LogP contribution in [0.5, 0.6) is 0 Å². The number of aromatic nitrogens is 2. The van der Waals surface area contributed by atoms with Crippen LogP contribution in [0.25, 0.3) is 0 Å². The van der Waals surface area contributed by atoms with Crippen molar-refractivity contribution in [1.82, 2.24) is 20.0 Å². The number of carbonyl (C=O) groups excluding carboxylic acids is 1. The molecule has 6 nitrogen and oxygen atoms in total. The normalized spacial score (nSPS) is 12.4. The van der Waals surface area contributed by atoms with Gasteiger partial charge in [0.25, 0.3) is 0 Å². The summed E-state index contributed by atoms with van der Waals surface area (Å²) in [5.74, 6) is 0.986. The monoisotopic (exact) mass is 302 g/mol. The zero-order valence-corrected chi connectivity index (χ0v) is 13.5. The molecule has 1 aromatic heterocycles. The zero-order chi connectivity index (χ0) is 16.1. The predicted octanol–water partition coefficient (Wildman–Crippen LogP) is 1.51. The van der Waals surface area contributed by atoms with Gasteiger partial charge < -0.3 is 9.32 Å². The summed E-state index contributed by atoms with van der Waals surface area (Å²) in [6.07, 6.45) is 0.667. The van der Waals surface area contributed by atoms with Crippen molar-refractivity contribution in [2.24, 2.45) is 0 Å². The highest BCUT2D eigenvalue weighted by Crippen LogP contribution is 2.11. The van der Waals surface area contributed by atoms with Crippen molar-refractivity contribution < 1.29 is 9.21 Å². The third-order valence-electron chi connectivity index (χ3n) is 3.50. The Labute approximate surface area is 130 Å². The molecule has 22 heavy (non-hydrogen) atoms. The summed E-state index contributed by atoms with van der Waals surface area (Å²) in [5.41, 5.74) is 1.14. The molecule has 0 saturated heterocycles. The van der Waals surface area contributed by atoms with Crippen molar-refractivity contribution in [3.8, 4) is 0 Å². The van der Waals surface area contributed by atoms with Crippen molar-refractivity contribution >= 4 is 5.91 Å². The van der Waals surface area contributed by atoms with Gasteiger partial charge in [-0.05, 0) is 26.1 Å². The molecule has 0 unspecified atom stereocenters. The molecule has 1 heterocycles. The minimum absolute atomic E-state index is 0.0321. The van der Waals surface area contributed by atoms with E-state index in [-0.39, 0.29) is 11.9 Å². The summed E-state index contributed by atoms with van der Waals surface area (Å²) in [4.78, 5) is 16.3. The standard InChI is InChI=1S/C16H22N4O2/c1-12-17-18-15(22-12)11-20(4)16(21)14(19(2)3)10-13-8-6-5-7-9-13/h5-9,14H,10-11H2,1-4H3/t14-/m0/s1. The maximum atomic E-state index is 12.7. The first kappa shape index (κ1) is 16.2. The van der Waals surface area contributed by atoms with Crippen molar-refractivity contribution in [3.63, 3.8) is 0 Å². The third-order valence-corrected chi connectivity index (χ3v) is 3.50. The fraction of sp³-hybridized carbons (Fsp3) is 0.438. The minimum Gasteiger partial charge on any atom is -0.424 e. The molecule has 6 heteroatoms. The summed E-state index contributed by atoms with van der Waals surface area (Å²) < 4.78 is 5.33. The highest BCUT2D eigenvalue weighted by atomic mass is 16.4. The Balaban J connectivity index is 2.05. The fourth-order valence-electron chi connectivity index (χ4n) is 2.26. The van der Waals surface area contributed by atoms with Crippen LogP contribution >= 0.6 is 0 Å². The lowest BCUT2D eigenvalue weighted by Gasteiger charge is -2.27. The lowest BCUT2D eigenvalue weighted by atomic mass is 10.0. The van der Waals surface area contributed by atoms with Gasteiger partial charge >= 0.3 is 0 Å². The van der Waals surface area contributed by atoms with E-state index in [4.69, 9.17) is 4.42 Å². The van der Waals surface area contributed by atoms with E-state index in [0.29, 0.717) is 24.7 Å². The van der Waals surface area contributed by atoms with Gasteiger partial charge in [0.1, 0.15) is 0 Å². The van der Waals surface area contributed by atoms with Gasteiger partial charge in [0.05, 0.1) is 12.6 Å². The number of hydrogen-bond acceptors (Lipinski definition) is 5. The van der Waals surface area contributed by atoms with Crippen LogP contribution in [0.2, 0.25) is 0 Å². The average molecular weight is 302 g/mol. The third kappa shape index (κ3) is 4.14. The molecular weight excluding hydrogens is 280 g/mol. The lowest BCUT2D eigenvalue weighted by molar-refractivity contribution is -0.135. The SMILES string of the molecule is Cc1nnc(CN(C)C(=O)[C@H](Cc2ccccc2)N(C)C)o1. The van der Waals surface area contributed by atoms with Crippen molar-refractivity contribution in [1.29, 1.82) is 0 Å². The molecule has 0 saturated carbocycles. The van der Waals surface area contributed by atoms with E-state index in [2.05, 4.69) is 10.2 Å². The van der Waals surface area contributed by atoms with Crippen LogP contribution in [-0.2, 0) is 17.8 Å². The number of amides is 1. The summed E-state index contributed by atoms with van der Waals surface area (Å²) in [6.45, 7) is 2.05. The topological polar surface area (TPSA) is 62.5 Å². The van der Waals surface area contributed by atoms with Gasteiger partial charge in [-0.25, -0.2) is 0 Å². The molecule has 0 N–H and O–H groups in total. The van der Waals surface area contributed by atoms with Gasteiger partial charge in [-0.15, -0.1) is 10.2 Å². The summed E-state index contributed by atoms with van der Waals surface area (Å²) in [6, 6.07) is 9.78. The number of likely N-dealkylation sites (N-methyl/N-ethyl adjacent to an activating group) is 2. The van der Waals surface area contributed by atoms with Crippen LogP contribution in [-0.4, -0.2) is 53.1 Å². The first-order chi connectivity index (χ1) is 10.5. The average Bonchev–Trinajstić information content (AvgIpc) is 2.90. The molecule has 0 bridgehead atoms. The molecule has 0 spiro atoms. The Bertz CT molecular complexity index is 610. The zero-order valence-electron chi connectivity index (χ0n) is 13.5. The molecule has 1 atom stereocenters. The predicted molar refractivity (Wildman–Crippen MR) is 83.1 cm³/mol. The van der Waals surface area contributed by atoms with E-state index >= 15 is 0 Å². The molecular formula is C16H22N4O2. The van der Waals surface area contributed by atoms with Gasteiger partial charge in [-0.2, -0.15) is 0 Å². The first-order valence-electron chi connectivity index (χ1n) is 7.21. The van der Waals surface area contributed by atoms with Gasteiger partial charge in [0, 0.05) is 14.0 Å². The van der Waals surface area contributed by atoms with Crippen LogP contribution in [0.4, 0.5) is 0 Å². The quantitative estimate of drug-likeness (QED) is 0.809. The van der Waals surface area contributed by atoms with Crippen LogP contribution in [0, 0.1) is 6.92 Å². The largest absolute Gasteiger partial charge is 0.424 e. The van der Waals surface area contributed by atoms with E-state index in [1.54, 1.807) is 18.9 Å². The van der Waals surface area contributed by atoms with Gasteiger partial charge in [0.15, 0.2) is 0 Å². The van der Waals surface area contributed by atoms with E-state index in [0.717, 1.165) is 5.56 Å². The smallest absolute Gasteiger partial charge is 0.240 e. The molecule has 0 aliphatic rings. The van der Waals surface area contributed by atoms with Gasteiger partial charge in [0.2, 0.25) is 17.7 Å². The summed E-state index contributed by atoms with van der Waals surface area (Å²) >= 11 is 0. The number of carbonyl (C=O) groups is 1. The second-order valence-electron chi connectivity index (χ2n) is 5.58. The van der Waals surface area contributed by atoms with E-state index in [9.17, 15) is 4.79 Å². The van der Waals surface area contributed by atoms with Crippen molar-refractivity contribution in [2.75, 3.05) is 21.1 Å². The second-order valence-corrected chi connectivity index (χ2v) is 5.58. The number of rotatable bonds is 6. The van der Waals surface area contributed by atoms with E-state index < -0.39 is 0 Å². The Kier molecular flexibility index (Phi) is 5.27. The Morgan fingerprint density at radius 1 is 1.18 bits per heavy atom. The van der Waals surface area contributed by atoms with Gasteiger partial charge in [-0.1, -0.05) is 30.3 Å². The number of hydrogen-bond donors (Lipinski definition) is 0. The fourth-order valence-corrected chi connectivity index (χ4v) is 2.26. The number of nitrogens with zero attached hydrogens (tertiary/aromatic N) is 4. The summed E-state index contributed by atoms with van der Waals surface area (Å²) in [7, 11) is 5.58. The first-order valence-corrected chi connectivity index (χ1v) is 7.21. The second kappa shape index (κ2) is 7.17. The number of aryl methyl sites for hydroxylation is 1. The number of benzene rings is 1. The molecule has 0 aliphatic carbocycles. The Hall–Kier alpha value is -2.21. The summed E-state index contributed by atoms with van der Waals surface area (Å²) in [5, 5.41) is 7.71. The van der Waals surface area contributed by atoms with Crippen LogP contribution in [0.3, 0.4) is 0 Å². The highest BCUT2D eigenvalue weighted by Gasteiger charge is 2.25. The molecule has 0 radical (unpaired) electrons. The lowest BCUT2D eigenvalue weighted by Crippen LogP contribution is -2.45. The van der Waals surface area contributed by atoms with Crippen molar-refractivity contribution in [3.05, 3.63) is 47.7 Å². The minimum atomic E-state index is -0.226.